The highest BCUT2D eigenvalue weighted by Crippen LogP contribution is 2.01. The van der Waals surface area contributed by atoms with Gasteiger partial charge in [0.1, 0.15) is 6.29 Å². The zero-order chi connectivity index (χ0) is 9.45. The first-order chi connectivity index (χ1) is 5.62. The molecule has 5 heteroatoms. The molecule has 70 valence electrons. The molecule has 0 N–H and O–H groups in total. The average molecular weight is 211 g/mol. The molecule has 0 aromatic rings. The van der Waals surface area contributed by atoms with Gasteiger partial charge in [-0.3, -0.25) is 0 Å². The molecule has 0 heterocycles. The van der Waals surface area contributed by atoms with Gasteiger partial charge in [0.25, 0.3) is 0 Å². The molecule has 0 fully saturated rings. The quantitative estimate of drug-likeness (QED) is 0.493. The molecule has 0 spiro atoms. The van der Waals surface area contributed by atoms with Gasteiger partial charge in [0.05, 0.1) is 5.75 Å². The number of sulfone groups is 1. The summed E-state index contributed by atoms with van der Waals surface area (Å²) in [6.07, 6.45) is 2.31. The first-order valence-corrected chi connectivity index (χ1v) is 5.71. The Morgan fingerprint density at radius 3 is 2.42 bits per heavy atom. The van der Waals surface area contributed by atoms with E-state index in [-0.39, 0.29) is 5.75 Å². The van der Waals surface area contributed by atoms with Crippen molar-refractivity contribution in [2.75, 3.05) is 5.75 Å². The number of rotatable bonds is 6. The Balaban J connectivity index is 3.70. The van der Waals surface area contributed by atoms with Crippen LogP contribution < -0.4 is 0 Å². The van der Waals surface area contributed by atoms with Gasteiger partial charge in [-0.25, -0.2) is 8.42 Å². The third kappa shape index (κ3) is 6.37. The number of aldehydes is 1. The second-order valence-electron chi connectivity index (χ2n) is 2.29. The molecule has 0 aliphatic heterocycles. The molecule has 12 heavy (non-hydrogen) atoms. The molecule has 0 aromatic carbocycles. The number of carbonyl (C=O) groups excluding carboxylic acids is 1. The van der Waals surface area contributed by atoms with Crippen molar-refractivity contribution in [3.8, 4) is 0 Å². The maximum Gasteiger partial charge on any atom is 0.172 e. The van der Waals surface area contributed by atoms with E-state index in [1.165, 1.54) is 0 Å². The van der Waals surface area contributed by atoms with Gasteiger partial charge >= 0.3 is 0 Å². The normalized spacial score (nSPS) is 12.1. The fourth-order valence-corrected chi connectivity index (χ4v) is 2.05. The van der Waals surface area contributed by atoms with Crippen LogP contribution in [0.2, 0.25) is 0 Å². The lowest BCUT2D eigenvalue weighted by atomic mass is 10.3. The molecule has 0 radical (unpaired) electrons. The molecule has 0 aromatic heterocycles. The third-order valence-corrected chi connectivity index (χ3v) is 2.94. The highest BCUT2D eigenvalue weighted by atomic mass is 35.5. The lowest BCUT2D eigenvalue weighted by Crippen LogP contribution is -2.01. The standard InChI is InChI=1S/C7H11ClO3S/c8-4-7-12(10,11)6-3-1-2-5-9/h4-5,7H,1-3,6H2. The van der Waals surface area contributed by atoms with Crippen LogP contribution >= 0.6 is 11.6 Å². The molecular formula is C7H11ClO3S. The van der Waals surface area contributed by atoms with E-state index >= 15 is 0 Å². The van der Waals surface area contributed by atoms with Gasteiger partial charge < -0.3 is 4.79 Å². The van der Waals surface area contributed by atoms with Crippen LogP contribution in [0.1, 0.15) is 19.3 Å². The number of hydrogen-bond acceptors (Lipinski definition) is 3. The van der Waals surface area contributed by atoms with Crippen molar-refractivity contribution >= 4 is 27.7 Å². The Kier molecular flexibility index (Phi) is 6.02. The lowest BCUT2D eigenvalue weighted by molar-refractivity contribution is -0.107. The highest BCUT2D eigenvalue weighted by molar-refractivity contribution is 7.94. The van der Waals surface area contributed by atoms with Crippen molar-refractivity contribution in [3.05, 3.63) is 10.9 Å². The van der Waals surface area contributed by atoms with E-state index in [2.05, 4.69) is 0 Å². The second-order valence-corrected chi connectivity index (χ2v) is 4.55. The molecule has 0 bridgehead atoms. The maximum atomic E-state index is 10.9. The molecule has 3 nitrogen and oxygen atoms in total. The minimum atomic E-state index is -3.14. The summed E-state index contributed by atoms with van der Waals surface area (Å²) in [7, 11) is -3.14. The van der Waals surface area contributed by atoms with Gasteiger partial charge in [0.15, 0.2) is 9.84 Å². The van der Waals surface area contributed by atoms with Crippen molar-refractivity contribution in [2.24, 2.45) is 0 Å². The van der Waals surface area contributed by atoms with Crippen LogP contribution in [-0.2, 0) is 14.6 Å². The molecular weight excluding hydrogens is 200 g/mol. The first kappa shape index (κ1) is 11.6. The minimum absolute atomic E-state index is 0.0596. The van der Waals surface area contributed by atoms with Crippen LogP contribution in [-0.4, -0.2) is 20.5 Å². The summed E-state index contributed by atoms with van der Waals surface area (Å²) in [6, 6.07) is 0. The molecule has 0 atom stereocenters. The fourth-order valence-electron chi connectivity index (χ4n) is 0.677. The van der Waals surface area contributed by atoms with Crippen molar-refractivity contribution in [1.29, 1.82) is 0 Å². The Labute approximate surface area is 77.3 Å². The van der Waals surface area contributed by atoms with E-state index in [9.17, 15) is 13.2 Å². The van der Waals surface area contributed by atoms with Crippen LogP contribution in [0.15, 0.2) is 10.9 Å². The van der Waals surface area contributed by atoms with Gasteiger partial charge in [-0.1, -0.05) is 11.6 Å². The number of halogens is 1. The zero-order valence-electron chi connectivity index (χ0n) is 6.57. The molecule has 0 rings (SSSR count). The molecule has 0 aliphatic carbocycles. The van der Waals surface area contributed by atoms with Crippen LogP contribution in [0, 0.1) is 0 Å². The summed E-state index contributed by atoms with van der Waals surface area (Å²) in [4.78, 5) is 9.87. The predicted molar refractivity (Wildman–Crippen MR) is 48.7 cm³/mol. The van der Waals surface area contributed by atoms with Crippen LogP contribution in [0.4, 0.5) is 0 Å². The van der Waals surface area contributed by atoms with Crippen molar-refractivity contribution < 1.29 is 13.2 Å². The topological polar surface area (TPSA) is 51.2 Å². The monoisotopic (exact) mass is 210 g/mol. The maximum absolute atomic E-state index is 10.9. The van der Waals surface area contributed by atoms with Crippen molar-refractivity contribution in [3.63, 3.8) is 0 Å². The van der Waals surface area contributed by atoms with Gasteiger partial charge in [-0.15, -0.1) is 0 Å². The Bertz CT molecular complexity index is 243. The summed E-state index contributed by atoms with van der Waals surface area (Å²) >= 11 is 5.11. The summed E-state index contributed by atoms with van der Waals surface area (Å²) in [5.41, 5.74) is 0.981. The minimum Gasteiger partial charge on any atom is -0.303 e. The summed E-state index contributed by atoms with van der Waals surface area (Å²) in [5, 5.41) is 0.968. The fraction of sp³-hybridized carbons (Fsp3) is 0.571. The first-order valence-electron chi connectivity index (χ1n) is 3.55. The van der Waals surface area contributed by atoms with Crippen molar-refractivity contribution in [2.45, 2.75) is 19.3 Å². The zero-order valence-corrected chi connectivity index (χ0v) is 8.14. The van der Waals surface area contributed by atoms with Gasteiger partial charge in [0.2, 0.25) is 0 Å². The lowest BCUT2D eigenvalue weighted by Gasteiger charge is -1.95. The van der Waals surface area contributed by atoms with Gasteiger partial charge in [-0.2, -0.15) is 0 Å². The molecule has 0 aliphatic rings. The largest absolute Gasteiger partial charge is 0.303 e. The Morgan fingerprint density at radius 2 is 1.92 bits per heavy atom. The summed E-state index contributed by atoms with van der Waals surface area (Å²) < 4.78 is 21.9. The van der Waals surface area contributed by atoms with Crippen LogP contribution in [0.25, 0.3) is 0 Å². The van der Waals surface area contributed by atoms with E-state index in [4.69, 9.17) is 11.6 Å². The second kappa shape index (κ2) is 6.20. The van der Waals surface area contributed by atoms with Gasteiger partial charge in [-0.05, 0) is 12.8 Å². The smallest absolute Gasteiger partial charge is 0.172 e. The SMILES string of the molecule is O=CCCCCS(=O)(=O)C=CCl. The summed E-state index contributed by atoms with van der Waals surface area (Å²) in [5.74, 6) is 0.0596. The van der Waals surface area contributed by atoms with Crippen LogP contribution in [0.3, 0.4) is 0 Å². The average Bonchev–Trinajstić information content (AvgIpc) is 1.98. The number of unbranched alkanes of at least 4 members (excludes halogenated alkanes) is 2. The van der Waals surface area contributed by atoms with E-state index in [1.54, 1.807) is 0 Å². The third-order valence-electron chi connectivity index (χ3n) is 1.26. The highest BCUT2D eigenvalue weighted by Gasteiger charge is 2.03. The molecule has 0 unspecified atom stereocenters. The van der Waals surface area contributed by atoms with E-state index in [0.717, 1.165) is 17.2 Å². The molecule has 0 saturated heterocycles. The van der Waals surface area contributed by atoms with E-state index in [1.807, 2.05) is 0 Å². The Hall–Kier alpha value is -0.350. The van der Waals surface area contributed by atoms with Crippen molar-refractivity contribution in [1.82, 2.24) is 0 Å². The van der Waals surface area contributed by atoms with Gasteiger partial charge in [0, 0.05) is 17.4 Å². The number of carbonyl (C=O) groups is 1. The van der Waals surface area contributed by atoms with E-state index < -0.39 is 9.84 Å². The molecule has 0 amide bonds. The predicted octanol–water partition coefficient (Wildman–Crippen LogP) is 1.48. The van der Waals surface area contributed by atoms with Crippen LogP contribution in [0.5, 0.6) is 0 Å². The summed E-state index contributed by atoms with van der Waals surface area (Å²) in [6.45, 7) is 0. The van der Waals surface area contributed by atoms with E-state index in [0.29, 0.717) is 19.3 Å². The molecule has 0 saturated carbocycles. The Morgan fingerprint density at radius 1 is 1.25 bits per heavy atom. The number of hydrogen-bond donors (Lipinski definition) is 0.